The van der Waals surface area contributed by atoms with Gasteiger partial charge in [0.15, 0.2) is 5.78 Å². The number of Topliss-reactive ketones (excluding diaryl/α,β-unsaturated/α-hetero) is 1. The number of ether oxygens (including phenoxy) is 1. The monoisotopic (exact) mass is 329 g/mol. The van der Waals surface area contributed by atoms with Gasteiger partial charge in [-0.05, 0) is 49.7 Å². The molecule has 1 aliphatic heterocycles. The van der Waals surface area contributed by atoms with Crippen molar-refractivity contribution in [2.24, 2.45) is 5.92 Å². The van der Waals surface area contributed by atoms with Crippen molar-refractivity contribution in [3.8, 4) is 5.75 Å². The van der Waals surface area contributed by atoms with Crippen LogP contribution in [0, 0.1) is 5.92 Å². The van der Waals surface area contributed by atoms with Crippen LogP contribution in [-0.2, 0) is 6.61 Å². The third-order valence-electron chi connectivity index (χ3n) is 4.16. The van der Waals surface area contributed by atoms with Crippen LogP contribution < -0.4 is 10.1 Å². The summed E-state index contributed by atoms with van der Waals surface area (Å²) in [4.78, 5) is 12.5. The van der Waals surface area contributed by atoms with Gasteiger partial charge in [-0.25, -0.2) is 0 Å². The summed E-state index contributed by atoms with van der Waals surface area (Å²) in [6.45, 7) is 2.27. The highest BCUT2D eigenvalue weighted by molar-refractivity contribution is 6.32. The normalized spacial score (nSPS) is 15.3. The molecule has 1 N–H and O–H groups in total. The zero-order chi connectivity index (χ0) is 16.1. The number of benzene rings is 2. The average Bonchev–Trinajstić information content (AvgIpc) is 2.61. The van der Waals surface area contributed by atoms with Crippen molar-refractivity contribution < 1.29 is 9.53 Å². The summed E-state index contributed by atoms with van der Waals surface area (Å²) in [7, 11) is 0. The Kier molecular flexibility index (Phi) is 5.31. The molecule has 23 heavy (non-hydrogen) atoms. The van der Waals surface area contributed by atoms with E-state index in [2.05, 4.69) is 5.32 Å². The fourth-order valence-corrected chi connectivity index (χ4v) is 3.06. The number of piperidine rings is 1. The second-order valence-electron chi connectivity index (χ2n) is 5.81. The van der Waals surface area contributed by atoms with E-state index in [-0.39, 0.29) is 11.7 Å². The van der Waals surface area contributed by atoms with Gasteiger partial charge in [-0.2, -0.15) is 0 Å². The van der Waals surface area contributed by atoms with Crippen molar-refractivity contribution in [3.05, 3.63) is 64.7 Å². The van der Waals surface area contributed by atoms with Gasteiger partial charge in [-0.1, -0.05) is 41.9 Å². The molecular formula is C19H20ClNO2. The molecule has 2 aromatic carbocycles. The Morgan fingerprint density at radius 1 is 1.13 bits per heavy atom. The first kappa shape index (κ1) is 16.0. The van der Waals surface area contributed by atoms with Crippen LogP contribution in [0.1, 0.15) is 28.8 Å². The number of halogens is 1. The van der Waals surface area contributed by atoms with E-state index < -0.39 is 0 Å². The van der Waals surface area contributed by atoms with Crippen LogP contribution in [0.25, 0.3) is 0 Å². The number of carbonyl (C=O) groups excluding carboxylic acids is 1. The Morgan fingerprint density at radius 3 is 2.57 bits per heavy atom. The third-order valence-corrected chi connectivity index (χ3v) is 4.46. The van der Waals surface area contributed by atoms with Crippen molar-refractivity contribution in [1.82, 2.24) is 5.32 Å². The SMILES string of the molecule is O=C(c1ccc(OCc2ccccc2)c(Cl)c1)C1CCNCC1. The number of carbonyl (C=O) groups is 1. The molecule has 120 valence electrons. The topological polar surface area (TPSA) is 38.3 Å². The molecule has 4 heteroatoms. The maximum Gasteiger partial charge on any atom is 0.166 e. The molecule has 0 saturated carbocycles. The Hall–Kier alpha value is -1.84. The zero-order valence-corrected chi connectivity index (χ0v) is 13.7. The first-order valence-electron chi connectivity index (χ1n) is 7.95. The molecule has 1 aliphatic rings. The van der Waals surface area contributed by atoms with Gasteiger partial charge in [0.25, 0.3) is 0 Å². The van der Waals surface area contributed by atoms with E-state index in [4.69, 9.17) is 16.3 Å². The summed E-state index contributed by atoms with van der Waals surface area (Å²) in [6.07, 6.45) is 1.78. The number of hydrogen-bond donors (Lipinski definition) is 1. The molecule has 2 aromatic rings. The molecule has 0 atom stereocenters. The maximum absolute atomic E-state index is 12.5. The van der Waals surface area contributed by atoms with Gasteiger partial charge in [0, 0.05) is 11.5 Å². The van der Waals surface area contributed by atoms with Gasteiger partial charge in [0.05, 0.1) is 5.02 Å². The Balaban J connectivity index is 1.66. The van der Waals surface area contributed by atoms with E-state index in [0.717, 1.165) is 31.5 Å². The molecular weight excluding hydrogens is 310 g/mol. The van der Waals surface area contributed by atoms with Crippen LogP contribution in [0.5, 0.6) is 5.75 Å². The second-order valence-corrected chi connectivity index (χ2v) is 6.22. The summed E-state index contributed by atoms with van der Waals surface area (Å²) >= 11 is 6.29. The highest BCUT2D eigenvalue weighted by atomic mass is 35.5. The first-order valence-corrected chi connectivity index (χ1v) is 8.33. The second kappa shape index (κ2) is 7.62. The highest BCUT2D eigenvalue weighted by Gasteiger charge is 2.22. The lowest BCUT2D eigenvalue weighted by Crippen LogP contribution is -2.31. The summed E-state index contributed by atoms with van der Waals surface area (Å²) in [5.41, 5.74) is 1.76. The molecule has 1 saturated heterocycles. The van der Waals surface area contributed by atoms with Crippen LogP contribution in [0.15, 0.2) is 48.5 Å². The lowest BCUT2D eigenvalue weighted by molar-refractivity contribution is 0.0895. The quantitative estimate of drug-likeness (QED) is 0.839. The van der Waals surface area contributed by atoms with Gasteiger partial charge >= 0.3 is 0 Å². The van der Waals surface area contributed by atoms with Crippen LogP contribution in [0.3, 0.4) is 0 Å². The van der Waals surface area contributed by atoms with E-state index in [1.54, 1.807) is 12.1 Å². The third kappa shape index (κ3) is 4.12. The molecule has 1 heterocycles. The average molecular weight is 330 g/mol. The molecule has 0 unspecified atom stereocenters. The summed E-state index contributed by atoms with van der Waals surface area (Å²) < 4.78 is 5.75. The molecule has 0 amide bonds. The number of ketones is 1. The predicted octanol–water partition coefficient (Wildman–Crippen LogP) is 4.10. The smallest absolute Gasteiger partial charge is 0.166 e. The summed E-state index contributed by atoms with van der Waals surface area (Å²) in [6, 6.07) is 15.3. The van der Waals surface area contributed by atoms with E-state index in [9.17, 15) is 4.79 Å². The van der Waals surface area contributed by atoms with E-state index in [0.29, 0.717) is 22.9 Å². The largest absolute Gasteiger partial charge is 0.487 e. The molecule has 1 fully saturated rings. The summed E-state index contributed by atoms with van der Waals surface area (Å²) in [5.74, 6) is 0.892. The number of hydrogen-bond acceptors (Lipinski definition) is 3. The van der Waals surface area contributed by atoms with Gasteiger partial charge in [-0.3, -0.25) is 4.79 Å². The Bertz CT molecular complexity index is 666. The molecule has 0 radical (unpaired) electrons. The fraction of sp³-hybridized carbons (Fsp3) is 0.316. The van der Waals surface area contributed by atoms with E-state index in [1.165, 1.54) is 0 Å². The van der Waals surface area contributed by atoms with Gasteiger partial charge < -0.3 is 10.1 Å². The van der Waals surface area contributed by atoms with Crippen molar-refractivity contribution in [1.29, 1.82) is 0 Å². The Labute approximate surface area is 141 Å². The minimum Gasteiger partial charge on any atom is -0.487 e. The van der Waals surface area contributed by atoms with Crippen molar-refractivity contribution in [3.63, 3.8) is 0 Å². The number of nitrogens with one attached hydrogen (secondary N) is 1. The lowest BCUT2D eigenvalue weighted by atomic mass is 9.89. The van der Waals surface area contributed by atoms with Crippen LogP contribution in [0.4, 0.5) is 0 Å². The van der Waals surface area contributed by atoms with Gasteiger partial charge in [-0.15, -0.1) is 0 Å². The zero-order valence-electron chi connectivity index (χ0n) is 12.9. The molecule has 3 rings (SSSR count). The van der Waals surface area contributed by atoms with Crippen LogP contribution in [-0.4, -0.2) is 18.9 Å². The molecule has 0 aromatic heterocycles. The van der Waals surface area contributed by atoms with E-state index in [1.807, 2.05) is 36.4 Å². The van der Waals surface area contributed by atoms with Gasteiger partial charge in [0.1, 0.15) is 12.4 Å². The summed E-state index contributed by atoms with van der Waals surface area (Å²) in [5, 5.41) is 3.76. The number of rotatable bonds is 5. The molecule has 0 bridgehead atoms. The van der Waals surface area contributed by atoms with Crippen molar-refractivity contribution in [2.45, 2.75) is 19.4 Å². The fourth-order valence-electron chi connectivity index (χ4n) is 2.83. The van der Waals surface area contributed by atoms with Crippen LogP contribution >= 0.6 is 11.6 Å². The minimum absolute atomic E-state index is 0.100. The highest BCUT2D eigenvalue weighted by Crippen LogP contribution is 2.28. The predicted molar refractivity (Wildman–Crippen MR) is 92.2 cm³/mol. The van der Waals surface area contributed by atoms with Crippen molar-refractivity contribution in [2.75, 3.05) is 13.1 Å². The van der Waals surface area contributed by atoms with Gasteiger partial charge in [0.2, 0.25) is 0 Å². The first-order chi connectivity index (χ1) is 11.2. The maximum atomic E-state index is 12.5. The van der Waals surface area contributed by atoms with Crippen LogP contribution in [0.2, 0.25) is 5.02 Å². The van der Waals surface area contributed by atoms with Crippen molar-refractivity contribution >= 4 is 17.4 Å². The molecule has 3 nitrogen and oxygen atoms in total. The molecule has 0 spiro atoms. The molecule has 0 aliphatic carbocycles. The minimum atomic E-state index is 0.100. The lowest BCUT2D eigenvalue weighted by Gasteiger charge is -2.21. The van der Waals surface area contributed by atoms with E-state index >= 15 is 0 Å². The Morgan fingerprint density at radius 2 is 1.87 bits per heavy atom. The standard InChI is InChI=1S/C19H20ClNO2/c20-17-12-16(19(22)15-8-10-21-11-9-15)6-7-18(17)23-13-14-4-2-1-3-5-14/h1-7,12,15,21H,8-11,13H2.